The lowest BCUT2D eigenvalue weighted by Crippen LogP contribution is -2.16. The molecule has 2 N–H and O–H groups in total. The van der Waals surface area contributed by atoms with Gasteiger partial charge in [-0.15, -0.1) is 0 Å². The smallest absolute Gasteiger partial charge is 0.341 e. The van der Waals surface area contributed by atoms with Gasteiger partial charge in [-0.1, -0.05) is 12.1 Å². The number of aryl methyl sites for hydroxylation is 2. The van der Waals surface area contributed by atoms with E-state index in [9.17, 15) is 9.59 Å². The lowest BCUT2D eigenvalue weighted by molar-refractivity contribution is -0.139. The van der Waals surface area contributed by atoms with Crippen LogP contribution in [0.25, 0.3) is 5.69 Å². The quantitative estimate of drug-likeness (QED) is 0.252. The Morgan fingerprint density at radius 3 is 2.44 bits per heavy atom. The molecule has 0 fully saturated rings. The number of nitrogens with zero attached hydrogens (tertiary/aromatic N) is 2. The second-order valence-electron chi connectivity index (χ2n) is 7.95. The van der Waals surface area contributed by atoms with Crippen molar-refractivity contribution in [2.45, 2.75) is 20.5 Å². The molecule has 9 heteroatoms. The van der Waals surface area contributed by atoms with Crippen LogP contribution in [0.15, 0.2) is 82.3 Å². The summed E-state index contributed by atoms with van der Waals surface area (Å²) in [6.07, 6.45) is 1.42. The molecule has 0 radical (unpaired) electrons. The number of carboxylic acid groups (broad SMARTS) is 1. The van der Waals surface area contributed by atoms with Gasteiger partial charge in [-0.2, -0.15) is 5.10 Å². The number of aromatic nitrogens is 1. The highest BCUT2D eigenvalue weighted by molar-refractivity contribution is 5.92. The fraction of sp³-hybridized carbons (Fsp3) is 0.148. The highest BCUT2D eigenvalue weighted by Gasteiger charge is 2.11. The molecule has 4 aromatic rings. The van der Waals surface area contributed by atoms with Gasteiger partial charge in [0.2, 0.25) is 0 Å². The standard InChI is InChI=1S/C27H25N3O6/c1-18-6-7-19(2)30(18)21-8-10-22(11-9-21)34-16-24-12-13-25(36-24)27(33)29-28-15-20-4-3-5-23(14-20)35-17-26(31)32/h3-15H,16-17H2,1-2H3,(H,29,33)(H,31,32). The first-order valence-electron chi connectivity index (χ1n) is 11.1. The molecule has 2 heterocycles. The van der Waals surface area contributed by atoms with Crippen molar-refractivity contribution in [3.05, 3.63) is 101 Å². The molecule has 0 spiro atoms. The van der Waals surface area contributed by atoms with Gasteiger partial charge in [0, 0.05) is 17.1 Å². The fourth-order valence-electron chi connectivity index (χ4n) is 3.55. The van der Waals surface area contributed by atoms with Crippen LogP contribution in [0.4, 0.5) is 0 Å². The van der Waals surface area contributed by atoms with E-state index in [0.717, 1.165) is 17.1 Å². The number of aliphatic carboxylic acids is 1. The summed E-state index contributed by atoms with van der Waals surface area (Å²) in [5.74, 6) is 0.0699. The Balaban J connectivity index is 1.28. The van der Waals surface area contributed by atoms with Gasteiger partial charge < -0.3 is 23.6 Å². The van der Waals surface area contributed by atoms with Crippen molar-refractivity contribution in [1.29, 1.82) is 0 Å². The summed E-state index contributed by atoms with van der Waals surface area (Å²) in [4.78, 5) is 22.9. The molecule has 0 bridgehead atoms. The van der Waals surface area contributed by atoms with Gasteiger partial charge in [0.05, 0.1) is 6.21 Å². The van der Waals surface area contributed by atoms with E-state index in [1.54, 1.807) is 36.4 Å². The molecular weight excluding hydrogens is 462 g/mol. The fourth-order valence-corrected chi connectivity index (χ4v) is 3.55. The Morgan fingerprint density at radius 2 is 1.72 bits per heavy atom. The maximum absolute atomic E-state index is 12.3. The Morgan fingerprint density at radius 1 is 0.972 bits per heavy atom. The SMILES string of the molecule is Cc1ccc(C)n1-c1ccc(OCc2ccc(C(=O)NN=Cc3cccc(OCC(=O)O)c3)o2)cc1. The minimum Gasteiger partial charge on any atom is -0.486 e. The van der Waals surface area contributed by atoms with E-state index in [0.29, 0.717) is 22.8 Å². The van der Waals surface area contributed by atoms with Gasteiger partial charge in [0.1, 0.15) is 23.9 Å². The molecule has 0 aliphatic heterocycles. The Kier molecular flexibility index (Phi) is 7.50. The van der Waals surface area contributed by atoms with Crippen LogP contribution >= 0.6 is 0 Å². The van der Waals surface area contributed by atoms with E-state index in [-0.39, 0.29) is 12.4 Å². The van der Waals surface area contributed by atoms with E-state index in [1.165, 1.54) is 6.21 Å². The van der Waals surface area contributed by atoms with Crippen molar-refractivity contribution in [2.24, 2.45) is 5.10 Å². The summed E-state index contributed by atoms with van der Waals surface area (Å²) in [5, 5.41) is 12.6. The molecule has 4 rings (SSSR count). The van der Waals surface area contributed by atoms with E-state index in [4.69, 9.17) is 19.0 Å². The number of hydrazone groups is 1. The number of benzene rings is 2. The van der Waals surface area contributed by atoms with Gasteiger partial charge >= 0.3 is 11.9 Å². The summed E-state index contributed by atoms with van der Waals surface area (Å²) < 4.78 is 18.6. The Hall–Kier alpha value is -4.79. The third-order valence-corrected chi connectivity index (χ3v) is 5.23. The number of amides is 1. The zero-order valence-electron chi connectivity index (χ0n) is 19.8. The van der Waals surface area contributed by atoms with Crippen LogP contribution in [-0.4, -0.2) is 34.4 Å². The highest BCUT2D eigenvalue weighted by Crippen LogP contribution is 2.21. The molecule has 0 unspecified atom stereocenters. The molecular formula is C27H25N3O6. The molecule has 0 saturated heterocycles. The number of hydrogen-bond acceptors (Lipinski definition) is 6. The molecule has 0 aliphatic rings. The van der Waals surface area contributed by atoms with Gasteiger partial charge in [0.25, 0.3) is 0 Å². The summed E-state index contributed by atoms with van der Waals surface area (Å²) >= 11 is 0. The van der Waals surface area contributed by atoms with Gasteiger partial charge in [-0.05, 0) is 80.1 Å². The van der Waals surface area contributed by atoms with Crippen LogP contribution in [0.5, 0.6) is 11.5 Å². The number of hydrogen-bond donors (Lipinski definition) is 2. The molecule has 2 aromatic carbocycles. The number of furan rings is 1. The number of rotatable bonds is 10. The van der Waals surface area contributed by atoms with Crippen LogP contribution in [0.2, 0.25) is 0 Å². The molecule has 36 heavy (non-hydrogen) atoms. The van der Waals surface area contributed by atoms with Gasteiger partial charge in [0.15, 0.2) is 12.4 Å². The predicted octanol–water partition coefficient (Wildman–Crippen LogP) is 4.49. The van der Waals surface area contributed by atoms with Gasteiger partial charge in [-0.25, -0.2) is 10.2 Å². The normalized spacial score (nSPS) is 10.9. The minimum absolute atomic E-state index is 0.0956. The first kappa shape index (κ1) is 24.3. The van der Waals surface area contributed by atoms with Crippen LogP contribution in [0.3, 0.4) is 0 Å². The van der Waals surface area contributed by atoms with Crippen LogP contribution < -0.4 is 14.9 Å². The lowest BCUT2D eigenvalue weighted by atomic mass is 10.2. The molecule has 0 atom stereocenters. The monoisotopic (exact) mass is 487 g/mol. The highest BCUT2D eigenvalue weighted by atomic mass is 16.5. The van der Waals surface area contributed by atoms with E-state index in [1.807, 2.05) is 24.3 Å². The number of nitrogens with one attached hydrogen (secondary N) is 1. The Labute approximate surface area is 207 Å². The predicted molar refractivity (Wildman–Crippen MR) is 133 cm³/mol. The maximum Gasteiger partial charge on any atom is 0.341 e. The first-order chi connectivity index (χ1) is 17.4. The molecule has 0 saturated carbocycles. The van der Waals surface area contributed by atoms with Crippen molar-refractivity contribution in [3.8, 4) is 17.2 Å². The van der Waals surface area contributed by atoms with Crippen molar-refractivity contribution >= 4 is 18.1 Å². The zero-order valence-corrected chi connectivity index (χ0v) is 19.8. The molecule has 0 aliphatic carbocycles. The van der Waals surface area contributed by atoms with Crippen LogP contribution in [0.1, 0.15) is 33.3 Å². The molecule has 1 amide bonds. The number of carbonyl (C=O) groups excluding carboxylic acids is 1. The van der Waals surface area contributed by atoms with E-state index < -0.39 is 18.5 Å². The second kappa shape index (κ2) is 11.1. The zero-order chi connectivity index (χ0) is 25.5. The largest absolute Gasteiger partial charge is 0.486 e. The van der Waals surface area contributed by atoms with Crippen LogP contribution in [0, 0.1) is 13.8 Å². The average Bonchev–Trinajstić information content (AvgIpc) is 3.48. The van der Waals surface area contributed by atoms with Gasteiger partial charge in [-0.3, -0.25) is 4.79 Å². The number of carbonyl (C=O) groups is 2. The maximum atomic E-state index is 12.3. The topological polar surface area (TPSA) is 115 Å². The number of ether oxygens (including phenoxy) is 2. The van der Waals surface area contributed by atoms with Crippen LogP contribution in [-0.2, 0) is 11.4 Å². The summed E-state index contributed by atoms with van der Waals surface area (Å²) in [6, 6.07) is 21.8. The van der Waals surface area contributed by atoms with Crippen molar-refractivity contribution in [2.75, 3.05) is 6.61 Å². The number of carboxylic acids is 1. The Bertz CT molecular complexity index is 1370. The minimum atomic E-state index is -1.07. The molecule has 2 aromatic heterocycles. The molecule has 184 valence electrons. The first-order valence-corrected chi connectivity index (χ1v) is 11.1. The third-order valence-electron chi connectivity index (χ3n) is 5.23. The second-order valence-corrected chi connectivity index (χ2v) is 7.95. The van der Waals surface area contributed by atoms with Crippen molar-refractivity contribution in [1.82, 2.24) is 9.99 Å². The van der Waals surface area contributed by atoms with Crippen molar-refractivity contribution in [3.63, 3.8) is 0 Å². The summed E-state index contributed by atoms with van der Waals surface area (Å²) in [5.41, 5.74) is 6.39. The average molecular weight is 488 g/mol. The summed E-state index contributed by atoms with van der Waals surface area (Å²) in [7, 11) is 0. The third kappa shape index (κ3) is 6.20. The summed E-state index contributed by atoms with van der Waals surface area (Å²) in [6.45, 7) is 3.84. The molecule has 9 nitrogen and oxygen atoms in total. The lowest BCUT2D eigenvalue weighted by Gasteiger charge is -2.10. The van der Waals surface area contributed by atoms with E-state index >= 15 is 0 Å². The van der Waals surface area contributed by atoms with Crippen molar-refractivity contribution < 1.29 is 28.6 Å². The van der Waals surface area contributed by atoms with E-state index in [2.05, 4.69) is 41.1 Å².